The van der Waals surface area contributed by atoms with Gasteiger partial charge in [-0.25, -0.2) is 13.1 Å². The first-order valence-corrected chi connectivity index (χ1v) is 9.14. The Kier molecular flexibility index (Phi) is 5.72. The van der Waals surface area contributed by atoms with Crippen molar-refractivity contribution in [2.75, 3.05) is 6.54 Å². The van der Waals surface area contributed by atoms with E-state index in [0.29, 0.717) is 24.7 Å². The van der Waals surface area contributed by atoms with Crippen molar-refractivity contribution in [3.8, 4) is 0 Å². The summed E-state index contributed by atoms with van der Waals surface area (Å²) < 4.78 is 27.0. The highest BCUT2D eigenvalue weighted by Gasteiger charge is 2.20. The molecule has 0 aliphatic heterocycles. The quantitative estimate of drug-likeness (QED) is 0.842. The summed E-state index contributed by atoms with van der Waals surface area (Å²) in [4.78, 5) is 4.23. The molecule has 6 heteroatoms. The summed E-state index contributed by atoms with van der Waals surface area (Å²) in [5.41, 5.74) is 6.14. The van der Waals surface area contributed by atoms with Crippen LogP contribution in [0.3, 0.4) is 0 Å². The Bertz CT molecular complexity index is 543. The number of hydrogen-bond donors (Lipinski definition) is 2. The monoisotopic (exact) mass is 311 g/mol. The summed E-state index contributed by atoms with van der Waals surface area (Å²) in [6.07, 6.45) is 7.29. The predicted molar refractivity (Wildman–Crippen MR) is 83.1 cm³/mol. The van der Waals surface area contributed by atoms with Crippen molar-refractivity contribution in [1.82, 2.24) is 9.71 Å². The van der Waals surface area contributed by atoms with Gasteiger partial charge in [0.15, 0.2) is 0 Å². The van der Waals surface area contributed by atoms with Crippen molar-refractivity contribution in [2.24, 2.45) is 17.6 Å². The molecule has 2 atom stereocenters. The maximum Gasteiger partial charge on any atom is 0.242 e. The molecule has 0 bridgehead atoms. The van der Waals surface area contributed by atoms with Crippen LogP contribution in [0.2, 0.25) is 0 Å². The molecule has 1 aliphatic carbocycles. The normalized spacial score (nSPS) is 23.1. The third-order valence-corrected chi connectivity index (χ3v) is 5.65. The molecule has 1 heterocycles. The van der Waals surface area contributed by atoms with Crippen molar-refractivity contribution >= 4 is 10.0 Å². The summed E-state index contributed by atoms with van der Waals surface area (Å²) >= 11 is 0. The number of hydrogen-bond acceptors (Lipinski definition) is 4. The van der Waals surface area contributed by atoms with Gasteiger partial charge in [-0.05, 0) is 36.8 Å². The number of pyridine rings is 1. The summed E-state index contributed by atoms with van der Waals surface area (Å²) in [5.74, 6) is 1.42. The fourth-order valence-electron chi connectivity index (χ4n) is 2.99. The van der Waals surface area contributed by atoms with Crippen LogP contribution < -0.4 is 10.5 Å². The second-order valence-corrected chi connectivity index (χ2v) is 7.78. The predicted octanol–water partition coefficient (Wildman–Crippen LogP) is 2.04. The molecular formula is C15H25N3O2S. The van der Waals surface area contributed by atoms with E-state index in [9.17, 15) is 8.42 Å². The highest BCUT2D eigenvalue weighted by atomic mass is 32.2. The molecule has 5 nitrogen and oxygen atoms in total. The van der Waals surface area contributed by atoms with Gasteiger partial charge in [0.25, 0.3) is 0 Å². The number of nitrogens with one attached hydrogen (secondary N) is 1. The van der Waals surface area contributed by atoms with Gasteiger partial charge in [0.1, 0.15) is 4.90 Å². The first-order chi connectivity index (χ1) is 10.0. The van der Waals surface area contributed by atoms with Crippen LogP contribution in [-0.2, 0) is 16.6 Å². The molecule has 0 radical (unpaired) electrons. The number of nitrogens with zero attached hydrogens (tertiary/aromatic N) is 1. The van der Waals surface area contributed by atoms with Gasteiger partial charge in [0.2, 0.25) is 10.0 Å². The van der Waals surface area contributed by atoms with Gasteiger partial charge in [-0.2, -0.15) is 0 Å². The summed E-state index contributed by atoms with van der Waals surface area (Å²) in [6.45, 7) is 3.09. The molecule has 0 spiro atoms. The van der Waals surface area contributed by atoms with Gasteiger partial charge in [0.05, 0.1) is 5.69 Å². The fraction of sp³-hybridized carbons (Fsp3) is 0.667. The van der Waals surface area contributed by atoms with Crippen LogP contribution >= 0.6 is 0 Å². The van der Waals surface area contributed by atoms with E-state index in [4.69, 9.17) is 5.73 Å². The Morgan fingerprint density at radius 2 is 2.19 bits per heavy atom. The Hall–Kier alpha value is -0.980. The zero-order valence-electron chi connectivity index (χ0n) is 12.6. The van der Waals surface area contributed by atoms with E-state index in [1.54, 1.807) is 12.1 Å². The number of rotatable bonds is 6. The summed E-state index contributed by atoms with van der Waals surface area (Å²) in [5, 5.41) is 0. The minimum absolute atomic E-state index is 0.205. The molecule has 1 saturated carbocycles. The Morgan fingerprint density at radius 3 is 2.81 bits per heavy atom. The van der Waals surface area contributed by atoms with Gasteiger partial charge in [-0.15, -0.1) is 0 Å². The first-order valence-electron chi connectivity index (χ1n) is 7.66. The lowest BCUT2D eigenvalue weighted by Crippen LogP contribution is -2.27. The van der Waals surface area contributed by atoms with E-state index in [1.165, 1.54) is 31.9 Å². The van der Waals surface area contributed by atoms with Gasteiger partial charge in [-0.3, -0.25) is 4.98 Å². The Morgan fingerprint density at radius 1 is 1.38 bits per heavy atom. The second-order valence-electron chi connectivity index (χ2n) is 6.01. The van der Waals surface area contributed by atoms with Crippen molar-refractivity contribution < 1.29 is 8.42 Å². The first kappa shape index (κ1) is 16.4. The van der Waals surface area contributed by atoms with E-state index < -0.39 is 10.0 Å². The Labute approximate surface area is 127 Å². The lowest BCUT2D eigenvalue weighted by molar-refractivity contribution is 0.271. The molecule has 0 aromatic carbocycles. The van der Waals surface area contributed by atoms with Gasteiger partial charge in [0, 0.05) is 19.3 Å². The van der Waals surface area contributed by atoms with Crippen molar-refractivity contribution in [3.63, 3.8) is 0 Å². The molecule has 1 aliphatic rings. The smallest absolute Gasteiger partial charge is 0.242 e. The molecule has 0 saturated heterocycles. The maximum absolute atomic E-state index is 12.2. The SMILES string of the molecule is CC1CCCC(CCNS(=O)(=O)c2ccc(CN)nc2)C1. The zero-order chi connectivity index (χ0) is 15.3. The van der Waals surface area contributed by atoms with Crippen molar-refractivity contribution in [1.29, 1.82) is 0 Å². The minimum Gasteiger partial charge on any atom is -0.325 e. The Balaban J connectivity index is 1.85. The average Bonchev–Trinajstić information content (AvgIpc) is 2.47. The van der Waals surface area contributed by atoms with Crippen LogP contribution in [-0.4, -0.2) is 19.9 Å². The fourth-order valence-corrected chi connectivity index (χ4v) is 3.99. The highest BCUT2D eigenvalue weighted by molar-refractivity contribution is 7.89. The average molecular weight is 311 g/mol. The van der Waals surface area contributed by atoms with Crippen LogP contribution in [0.5, 0.6) is 0 Å². The van der Waals surface area contributed by atoms with E-state index in [2.05, 4.69) is 16.6 Å². The van der Waals surface area contributed by atoms with Crippen LogP contribution in [0.1, 0.15) is 44.7 Å². The standard InChI is InChI=1S/C15H25N3O2S/c1-12-3-2-4-13(9-12)7-8-18-21(19,20)15-6-5-14(10-16)17-11-15/h5-6,11-13,18H,2-4,7-10,16H2,1H3. The van der Waals surface area contributed by atoms with E-state index in [1.807, 2.05) is 0 Å². The van der Waals surface area contributed by atoms with Crippen molar-refractivity contribution in [3.05, 3.63) is 24.0 Å². The number of nitrogens with two attached hydrogens (primary N) is 1. The zero-order valence-corrected chi connectivity index (χ0v) is 13.4. The molecule has 3 N–H and O–H groups in total. The van der Waals surface area contributed by atoms with E-state index in [-0.39, 0.29) is 4.90 Å². The molecule has 0 amide bonds. The highest BCUT2D eigenvalue weighted by Crippen LogP contribution is 2.30. The van der Waals surface area contributed by atoms with Crippen LogP contribution in [0.25, 0.3) is 0 Å². The van der Waals surface area contributed by atoms with Crippen molar-refractivity contribution in [2.45, 2.75) is 50.5 Å². The van der Waals surface area contributed by atoms with Crippen LogP contribution in [0.4, 0.5) is 0 Å². The third kappa shape index (κ3) is 4.76. The van der Waals surface area contributed by atoms with Crippen LogP contribution in [0, 0.1) is 11.8 Å². The number of sulfonamides is 1. The maximum atomic E-state index is 12.2. The van der Waals surface area contributed by atoms with Gasteiger partial charge >= 0.3 is 0 Å². The van der Waals surface area contributed by atoms with Gasteiger partial charge < -0.3 is 5.73 Å². The number of aromatic nitrogens is 1. The molecule has 1 aromatic rings. The van der Waals surface area contributed by atoms with Crippen LogP contribution in [0.15, 0.2) is 23.2 Å². The molecule has 21 heavy (non-hydrogen) atoms. The van der Waals surface area contributed by atoms with Gasteiger partial charge in [-0.1, -0.05) is 26.2 Å². The lowest BCUT2D eigenvalue weighted by Gasteiger charge is -2.26. The molecule has 2 unspecified atom stereocenters. The minimum atomic E-state index is -3.45. The molecule has 1 fully saturated rings. The van der Waals surface area contributed by atoms with E-state index in [0.717, 1.165) is 12.3 Å². The molecular weight excluding hydrogens is 286 g/mol. The second kappa shape index (κ2) is 7.33. The largest absolute Gasteiger partial charge is 0.325 e. The topological polar surface area (TPSA) is 85.1 Å². The summed E-state index contributed by atoms with van der Waals surface area (Å²) in [6, 6.07) is 3.21. The molecule has 118 valence electrons. The lowest BCUT2D eigenvalue weighted by atomic mass is 9.81. The molecule has 1 aromatic heterocycles. The third-order valence-electron chi connectivity index (χ3n) is 4.21. The van der Waals surface area contributed by atoms with E-state index >= 15 is 0 Å². The summed E-state index contributed by atoms with van der Waals surface area (Å²) in [7, 11) is -3.45. The molecule has 2 rings (SSSR count).